The van der Waals surface area contributed by atoms with Gasteiger partial charge in [-0.05, 0) is 38.3 Å². The number of carbonyl (C=O) groups is 1. The minimum atomic E-state index is -3.65. The number of hydrogen-bond donors (Lipinski definition) is 3. The lowest BCUT2D eigenvalue weighted by molar-refractivity contribution is 0.0515. The van der Waals surface area contributed by atoms with E-state index in [9.17, 15) is 17.6 Å². The van der Waals surface area contributed by atoms with Crippen molar-refractivity contribution in [2.24, 2.45) is 0 Å². The minimum absolute atomic E-state index is 0.0393. The highest BCUT2D eigenvalue weighted by atomic mass is 32.2. The molecule has 10 nitrogen and oxygen atoms in total. The zero-order valence-electron chi connectivity index (χ0n) is 21.1. The predicted molar refractivity (Wildman–Crippen MR) is 133 cm³/mol. The SMILES string of the molecule is CCOC(=O)c1nc(C2CCC(c3cc(Nc4ccc5c(c4F)CNS5(=O)=O)n[nH]3)C2)oc1C(C)(C)C. The molecule has 2 unspecified atom stereocenters. The highest BCUT2D eigenvalue weighted by Crippen LogP contribution is 2.44. The van der Waals surface area contributed by atoms with Gasteiger partial charge < -0.3 is 14.5 Å². The molecule has 3 heterocycles. The molecule has 0 spiro atoms. The van der Waals surface area contributed by atoms with Gasteiger partial charge in [0.2, 0.25) is 10.0 Å². The number of halogens is 1. The number of esters is 1. The van der Waals surface area contributed by atoms with Crippen LogP contribution >= 0.6 is 0 Å². The number of H-pyrrole nitrogens is 1. The zero-order valence-corrected chi connectivity index (χ0v) is 22.0. The predicted octanol–water partition coefficient (Wildman–Crippen LogP) is 4.60. The van der Waals surface area contributed by atoms with E-state index in [1.54, 1.807) is 6.92 Å². The van der Waals surface area contributed by atoms with Crippen molar-refractivity contribution in [1.82, 2.24) is 19.9 Å². The second-order valence-corrected chi connectivity index (χ2v) is 12.2. The monoisotopic (exact) mass is 531 g/mol. The molecule has 198 valence electrons. The highest BCUT2D eigenvalue weighted by molar-refractivity contribution is 7.89. The molecule has 1 saturated carbocycles. The first kappa shape index (κ1) is 25.4. The number of nitrogens with zero attached hydrogens (tertiary/aromatic N) is 2. The van der Waals surface area contributed by atoms with E-state index in [0.717, 1.165) is 25.0 Å². The number of anilines is 2. The standard InChI is InChI=1S/C25H30FN5O5S/c1-5-35-24(32)21-22(25(2,3)4)36-23(29-21)14-7-6-13(10-14)17-11-19(31-30-17)28-16-8-9-18-15(20(16)26)12-27-37(18,33)34/h8-9,11,13-14,27H,5-7,10,12H2,1-4H3,(H2,28,30,31). The molecule has 3 N–H and O–H groups in total. The number of benzene rings is 1. The molecule has 5 rings (SSSR count). The first-order chi connectivity index (χ1) is 17.5. The number of aromatic amines is 1. The van der Waals surface area contributed by atoms with Gasteiger partial charge in [-0.2, -0.15) is 5.10 Å². The van der Waals surface area contributed by atoms with Crippen LogP contribution in [0.3, 0.4) is 0 Å². The quantitative estimate of drug-likeness (QED) is 0.392. The Morgan fingerprint density at radius 2 is 2.03 bits per heavy atom. The Morgan fingerprint density at radius 3 is 2.76 bits per heavy atom. The molecule has 2 aliphatic rings. The van der Waals surface area contributed by atoms with Gasteiger partial charge >= 0.3 is 5.97 Å². The lowest BCUT2D eigenvalue weighted by Crippen LogP contribution is -2.17. The number of rotatable bonds is 6. The molecule has 1 aromatic carbocycles. The van der Waals surface area contributed by atoms with Crippen molar-refractivity contribution in [1.29, 1.82) is 0 Å². The van der Waals surface area contributed by atoms with E-state index in [1.165, 1.54) is 12.1 Å². The van der Waals surface area contributed by atoms with E-state index in [-0.39, 0.29) is 46.8 Å². The Kier molecular flexibility index (Phi) is 6.35. The van der Waals surface area contributed by atoms with Crippen LogP contribution in [0.25, 0.3) is 0 Å². The van der Waals surface area contributed by atoms with Crippen LogP contribution in [0.4, 0.5) is 15.9 Å². The summed E-state index contributed by atoms with van der Waals surface area (Å²) in [6.45, 7) is 7.84. The third kappa shape index (κ3) is 4.75. The molecule has 1 aliphatic carbocycles. The van der Waals surface area contributed by atoms with E-state index in [4.69, 9.17) is 9.15 Å². The Balaban J connectivity index is 1.31. The number of carbonyl (C=O) groups excluding carboxylic acids is 1. The van der Waals surface area contributed by atoms with Crippen LogP contribution in [-0.2, 0) is 26.7 Å². The Labute approximate surface area is 214 Å². The Morgan fingerprint density at radius 1 is 1.27 bits per heavy atom. The number of oxazole rings is 1. The van der Waals surface area contributed by atoms with Crippen LogP contribution in [0.1, 0.15) is 92.2 Å². The van der Waals surface area contributed by atoms with Gasteiger partial charge in [0.15, 0.2) is 23.2 Å². The zero-order chi connectivity index (χ0) is 26.5. The molecule has 1 aliphatic heterocycles. The topological polar surface area (TPSA) is 139 Å². The van der Waals surface area contributed by atoms with E-state index < -0.39 is 27.2 Å². The number of ether oxygens (including phenoxy) is 1. The first-order valence-electron chi connectivity index (χ1n) is 12.3. The van der Waals surface area contributed by atoms with E-state index >= 15 is 0 Å². The van der Waals surface area contributed by atoms with Crippen LogP contribution in [0.2, 0.25) is 0 Å². The van der Waals surface area contributed by atoms with E-state index in [0.29, 0.717) is 17.5 Å². The normalized spacial score (nSPS) is 20.7. The van der Waals surface area contributed by atoms with Crippen molar-refractivity contribution >= 4 is 27.5 Å². The molecule has 37 heavy (non-hydrogen) atoms. The number of nitrogens with one attached hydrogen (secondary N) is 3. The van der Waals surface area contributed by atoms with Gasteiger partial charge in [-0.1, -0.05) is 20.8 Å². The summed E-state index contributed by atoms with van der Waals surface area (Å²) in [5, 5.41) is 10.3. The highest BCUT2D eigenvalue weighted by Gasteiger charge is 2.36. The molecule has 0 radical (unpaired) electrons. The summed E-state index contributed by atoms with van der Waals surface area (Å²) < 4.78 is 52.4. The largest absolute Gasteiger partial charge is 0.461 e. The van der Waals surface area contributed by atoms with Gasteiger partial charge in [-0.3, -0.25) is 5.10 Å². The number of hydrogen-bond acceptors (Lipinski definition) is 8. The van der Waals surface area contributed by atoms with Crippen molar-refractivity contribution < 1.29 is 26.8 Å². The van der Waals surface area contributed by atoms with Gasteiger partial charge in [0.05, 0.1) is 17.2 Å². The minimum Gasteiger partial charge on any atom is -0.461 e. The first-order valence-corrected chi connectivity index (χ1v) is 13.8. The van der Waals surface area contributed by atoms with Crippen molar-refractivity contribution in [3.05, 3.63) is 52.6 Å². The number of sulfonamides is 1. The maximum absolute atomic E-state index is 14.9. The third-order valence-electron chi connectivity index (χ3n) is 6.80. The van der Waals surface area contributed by atoms with E-state index in [2.05, 4.69) is 25.2 Å². The summed E-state index contributed by atoms with van der Waals surface area (Å²) in [4.78, 5) is 17.0. The van der Waals surface area contributed by atoms with Gasteiger partial charge in [-0.25, -0.2) is 27.3 Å². The van der Waals surface area contributed by atoms with Crippen molar-refractivity contribution in [3.8, 4) is 0 Å². The van der Waals surface area contributed by atoms with Gasteiger partial charge in [-0.15, -0.1) is 0 Å². The maximum Gasteiger partial charge on any atom is 0.360 e. The average molecular weight is 532 g/mol. The van der Waals surface area contributed by atoms with Crippen molar-refractivity contribution in [2.75, 3.05) is 11.9 Å². The number of aromatic nitrogens is 3. The summed E-state index contributed by atoms with van der Waals surface area (Å²) in [5.74, 6) is 0.595. The van der Waals surface area contributed by atoms with E-state index in [1.807, 2.05) is 26.8 Å². The molecule has 0 saturated heterocycles. The van der Waals surface area contributed by atoms with Crippen LogP contribution in [0, 0.1) is 5.82 Å². The second-order valence-electron chi connectivity index (χ2n) is 10.5. The van der Waals surface area contributed by atoms with Gasteiger partial charge in [0.1, 0.15) is 5.76 Å². The average Bonchev–Trinajstić information content (AvgIpc) is 3.60. The Bertz CT molecular complexity index is 1460. The lowest BCUT2D eigenvalue weighted by Gasteiger charge is -2.15. The van der Waals surface area contributed by atoms with Crippen molar-refractivity contribution in [2.45, 2.75) is 75.6 Å². The summed E-state index contributed by atoms with van der Waals surface area (Å²) in [5.41, 5.74) is 0.995. The van der Waals surface area contributed by atoms with Crippen molar-refractivity contribution in [3.63, 3.8) is 0 Å². The number of fused-ring (bicyclic) bond motifs is 1. The molecule has 0 bridgehead atoms. The molecule has 1 fully saturated rings. The molecular weight excluding hydrogens is 501 g/mol. The third-order valence-corrected chi connectivity index (χ3v) is 8.29. The Hall–Kier alpha value is -3.25. The maximum atomic E-state index is 14.9. The summed E-state index contributed by atoms with van der Waals surface area (Å²) in [6, 6.07) is 4.61. The molecule has 12 heteroatoms. The fraction of sp³-hybridized carbons (Fsp3) is 0.480. The van der Waals surface area contributed by atoms with Crippen LogP contribution in [-0.4, -0.2) is 36.2 Å². The lowest BCUT2D eigenvalue weighted by atomic mass is 9.92. The molecule has 0 amide bonds. The van der Waals surface area contributed by atoms with Crippen LogP contribution in [0.5, 0.6) is 0 Å². The molecule has 3 aromatic rings. The summed E-state index contributed by atoms with van der Waals surface area (Å²) in [6.07, 6.45) is 2.45. The smallest absolute Gasteiger partial charge is 0.360 e. The molecule has 2 aromatic heterocycles. The van der Waals surface area contributed by atoms with Crippen LogP contribution < -0.4 is 10.0 Å². The van der Waals surface area contributed by atoms with Gasteiger partial charge in [0, 0.05) is 41.1 Å². The van der Waals surface area contributed by atoms with Crippen LogP contribution in [0.15, 0.2) is 27.5 Å². The fourth-order valence-electron chi connectivity index (χ4n) is 4.95. The fourth-order valence-corrected chi connectivity index (χ4v) is 6.18. The molecule has 2 atom stereocenters. The van der Waals surface area contributed by atoms with Gasteiger partial charge in [0.25, 0.3) is 0 Å². The second kappa shape index (κ2) is 9.25. The summed E-state index contributed by atoms with van der Waals surface area (Å²) in [7, 11) is -3.65. The summed E-state index contributed by atoms with van der Waals surface area (Å²) >= 11 is 0. The molecular formula is C25H30FN5O5S.